The van der Waals surface area contributed by atoms with Crippen LogP contribution in [0.3, 0.4) is 0 Å². The molecular formula is C12H23NO2. The minimum absolute atomic E-state index is 0.0125. The van der Waals surface area contributed by atoms with E-state index in [1.54, 1.807) is 0 Å². The van der Waals surface area contributed by atoms with E-state index in [0.29, 0.717) is 18.1 Å². The van der Waals surface area contributed by atoms with Crippen molar-refractivity contribution in [2.24, 2.45) is 5.92 Å². The lowest BCUT2D eigenvalue weighted by Gasteiger charge is -2.45. The Bertz CT molecular complexity index is 244. The van der Waals surface area contributed by atoms with E-state index in [2.05, 4.69) is 39.6 Å². The van der Waals surface area contributed by atoms with E-state index in [4.69, 9.17) is 9.47 Å². The van der Waals surface area contributed by atoms with Gasteiger partial charge in [0.2, 0.25) is 0 Å². The van der Waals surface area contributed by atoms with Crippen molar-refractivity contribution in [2.75, 3.05) is 13.8 Å². The van der Waals surface area contributed by atoms with Crippen LogP contribution in [0, 0.1) is 5.92 Å². The van der Waals surface area contributed by atoms with Crippen molar-refractivity contribution in [2.45, 2.75) is 58.0 Å². The molecule has 2 fully saturated rings. The van der Waals surface area contributed by atoms with Gasteiger partial charge in [0, 0.05) is 6.42 Å². The Balaban J connectivity index is 2.17. The van der Waals surface area contributed by atoms with Gasteiger partial charge in [-0.05, 0) is 26.8 Å². The summed E-state index contributed by atoms with van der Waals surface area (Å²) in [7, 11) is 2.12. The fourth-order valence-electron chi connectivity index (χ4n) is 3.11. The second-order valence-corrected chi connectivity index (χ2v) is 5.62. The first-order chi connectivity index (χ1) is 6.94. The number of ether oxygens (including phenoxy) is 2. The minimum atomic E-state index is -0.0125. The van der Waals surface area contributed by atoms with E-state index < -0.39 is 0 Å². The zero-order valence-corrected chi connectivity index (χ0v) is 10.5. The molecule has 4 atom stereocenters. The molecule has 2 rings (SSSR count). The molecule has 0 aliphatic carbocycles. The van der Waals surface area contributed by atoms with Gasteiger partial charge in [0.15, 0.2) is 0 Å². The highest BCUT2D eigenvalue weighted by Gasteiger charge is 2.52. The molecule has 0 N–H and O–H groups in total. The van der Waals surface area contributed by atoms with Crippen LogP contribution in [0.2, 0.25) is 0 Å². The van der Waals surface area contributed by atoms with Gasteiger partial charge in [-0.1, -0.05) is 13.8 Å². The van der Waals surface area contributed by atoms with Gasteiger partial charge >= 0.3 is 0 Å². The summed E-state index contributed by atoms with van der Waals surface area (Å²) in [6, 6.07) is 0.410. The lowest BCUT2D eigenvalue weighted by Crippen LogP contribution is -2.57. The van der Waals surface area contributed by atoms with Crippen molar-refractivity contribution in [3.8, 4) is 0 Å². The molecule has 2 saturated heterocycles. The first-order valence-electron chi connectivity index (χ1n) is 5.94. The van der Waals surface area contributed by atoms with Crippen molar-refractivity contribution in [1.82, 2.24) is 4.90 Å². The highest BCUT2D eigenvalue weighted by molar-refractivity contribution is 5.02. The smallest absolute Gasteiger partial charge is 0.1000 e. The molecule has 0 aromatic heterocycles. The van der Waals surface area contributed by atoms with Gasteiger partial charge < -0.3 is 9.47 Å². The third-order valence-corrected chi connectivity index (χ3v) is 3.88. The van der Waals surface area contributed by atoms with Crippen molar-refractivity contribution in [3.05, 3.63) is 0 Å². The average molecular weight is 213 g/mol. The lowest BCUT2D eigenvalue weighted by atomic mass is 9.81. The molecule has 2 aliphatic heterocycles. The first kappa shape index (κ1) is 11.4. The quantitative estimate of drug-likeness (QED) is 0.663. The Kier molecular flexibility index (Phi) is 2.82. The summed E-state index contributed by atoms with van der Waals surface area (Å²) in [5.41, 5.74) is -0.0125. The molecule has 88 valence electrons. The molecule has 0 aromatic rings. The number of likely N-dealkylation sites (N-methyl/N-ethyl adjacent to an activating group) is 1. The summed E-state index contributed by atoms with van der Waals surface area (Å²) in [6.45, 7) is 9.58. The maximum atomic E-state index is 6.08. The van der Waals surface area contributed by atoms with Gasteiger partial charge in [-0.3, -0.25) is 4.90 Å². The standard InChI is InChI=1S/C12H23NO2/c1-8(2)10-6-12(4)11(9(3)15-10)13(5)7-14-12/h8-11H,6-7H2,1-5H3. The summed E-state index contributed by atoms with van der Waals surface area (Å²) in [4.78, 5) is 2.27. The Morgan fingerprint density at radius 3 is 2.67 bits per heavy atom. The Labute approximate surface area is 92.7 Å². The Morgan fingerprint density at radius 1 is 1.40 bits per heavy atom. The van der Waals surface area contributed by atoms with Crippen LogP contribution in [0.25, 0.3) is 0 Å². The molecular weight excluding hydrogens is 190 g/mol. The highest BCUT2D eigenvalue weighted by atomic mass is 16.6. The normalized spacial score (nSPS) is 47.2. The highest BCUT2D eigenvalue weighted by Crippen LogP contribution is 2.40. The summed E-state index contributed by atoms with van der Waals surface area (Å²) < 4.78 is 12.0. The predicted molar refractivity (Wildman–Crippen MR) is 59.7 cm³/mol. The molecule has 3 nitrogen and oxygen atoms in total. The molecule has 0 saturated carbocycles. The van der Waals surface area contributed by atoms with E-state index in [0.717, 1.165) is 13.2 Å². The summed E-state index contributed by atoms with van der Waals surface area (Å²) in [6.07, 6.45) is 1.63. The zero-order valence-electron chi connectivity index (χ0n) is 10.5. The van der Waals surface area contributed by atoms with Gasteiger partial charge in [0.1, 0.15) is 0 Å². The van der Waals surface area contributed by atoms with Crippen molar-refractivity contribution in [3.63, 3.8) is 0 Å². The van der Waals surface area contributed by atoms with Gasteiger partial charge in [0.05, 0.1) is 30.6 Å². The fraction of sp³-hybridized carbons (Fsp3) is 1.00. The number of hydrogen-bond acceptors (Lipinski definition) is 3. The van der Waals surface area contributed by atoms with E-state index in [1.807, 2.05) is 0 Å². The monoisotopic (exact) mass is 213 g/mol. The predicted octanol–water partition coefficient (Wildman–Crippen LogP) is 1.87. The molecule has 0 amide bonds. The van der Waals surface area contributed by atoms with Crippen LogP contribution >= 0.6 is 0 Å². The van der Waals surface area contributed by atoms with Crippen molar-refractivity contribution >= 4 is 0 Å². The van der Waals surface area contributed by atoms with Crippen LogP contribution in [0.1, 0.15) is 34.1 Å². The van der Waals surface area contributed by atoms with E-state index in [-0.39, 0.29) is 11.7 Å². The number of fused-ring (bicyclic) bond motifs is 1. The van der Waals surface area contributed by atoms with Crippen molar-refractivity contribution < 1.29 is 9.47 Å². The Morgan fingerprint density at radius 2 is 2.07 bits per heavy atom. The molecule has 0 aromatic carbocycles. The van der Waals surface area contributed by atoms with E-state index >= 15 is 0 Å². The summed E-state index contributed by atoms with van der Waals surface area (Å²) in [5.74, 6) is 0.569. The molecule has 2 aliphatic rings. The largest absolute Gasteiger partial charge is 0.373 e. The summed E-state index contributed by atoms with van der Waals surface area (Å²) in [5, 5.41) is 0. The van der Waals surface area contributed by atoms with Crippen LogP contribution in [-0.2, 0) is 9.47 Å². The van der Waals surface area contributed by atoms with Gasteiger partial charge in [-0.2, -0.15) is 0 Å². The number of rotatable bonds is 1. The summed E-state index contributed by atoms with van der Waals surface area (Å²) >= 11 is 0. The van der Waals surface area contributed by atoms with Crippen LogP contribution in [0.4, 0.5) is 0 Å². The maximum absolute atomic E-state index is 6.08. The Hall–Kier alpha value is -0.120. The zero-order chi connectivity index (χ0) is 11.2. The van der Waals surface area contributed by atoms with Crippen LogP contribution < -0.4 is 0 Å². The third kappa shape index (κ3) is 1.81. The molecule has 15 heavy (non-hydrogen) atoms. The molecule has 0 spiro atoms. The van der Waals surface area contributed by atoms with Crippen LogP contribution in [-0.4, -0.2) is 42.5 Å². The third-order valence-electron chi connectivity index (χ3n) is 3.88. The van der Waals surface area contributed by atoms with Crippen LogP contribution in [0.5, 0.6) is 0 Å². The van der Waals surface area contributed by atoms with Crippen LogP contribution in [0.15, 0.2) is 0 Å². The lowest BCUT2D eigenvalue weighted by molar-refractivity contribution is -0.153. The van der Waals surface area contributed by atoms with Gasteiger partial charge in [-0.15, -0.1) is 0 Å². The van der Waals surface area contributed by atoms with Gasteiger partial charge in [-0.25, -0.2) is 0 Å². The van der Waals surface area contributed by atoms with Gasteiger partial charge in [0.25, 0.3) is 0 Å². The molecule has 2 heterocycles. The number of nitrogens with zero attached hydrogens (tertiary/aromatic N) is 1. The molecule has 0 bridgehead atoms. The molecule has 0 radical (unpaired) electrons. The van der Waals surface area contributed by atoms with E-state index in [9.17, 15) is 0 Å². The number of hydrogen-bond donors (Lipinski definition) is 0. The SMILES string of the molecule is CC(C)C1CC2(C)OCN(C)C2C(C)O1. The topological polar surface area (TPSA) is 21.7 Å². The molecule has 3 heteroatoms. The molecule has 4 unspecified atom stereocenters. The minimum Gasteiger partial charge on any atom is -0.373 e. The fourth-order valence-corrected chi connectivity index (χ4v) is 3.11. The average Bonchev–Trinajstić information content (AvgIpc) is 2.42. The van der Waals surface area contributed by atoms with E-state index in [1.165, 1.54) is 0 Å². The second kappa shape index (κ2) is 3.72. The maximum Gasteiger partial charge on any atom is 0.1000 e. The first-order valence-corrected chi connectivity index (χ1v) is 5.94. The van der Waals surface area contributed by atoms with Crippen molar-refractivity contribution in [1.29, 1.82) is 0 Å². The second-order valence-electron chi connectivity index (χ2n) is 5.62.